The van der Waals surface area contributed by atoms with Crippen molar-refractivity contribution in [3.63, 3.8) is 0 Å². The third-order valence-corrected chi connectivity index (χ3v) is 2.84. The molecule has 0 radical (unpaired) electrons. The summed E-state index contributed by atoms with van der Waals surface area (Å²) in [5, 5.41) is 0. The van der Waals surface area contributed by atoms with Gasteiger partial charge in [-0.05, 0) is 24.1 Å². The molecule has 0 aliphatic rings. The van der Waals surface area contributed by atoms with E-state index in [0.717, 1.165) is 6.54 Å². The van der Waals surface area contributed by atoms with Gasteiger partial charge in [-0.15, -0.1) is 0 Å². The third kappa shape index (κ3) is 8.02. The molecule has 2 aromatic carbocycles. The van der Waals surface area contributed by atoms with Crippen LogP contribution < -0.4 is 5.73 Å². The van der Waals surface area contributed by atoms with Crippen LogP contribution in [0.1, 0.15) is 19.8 Å². The molecule has 0 unspecified atom stereocenters. The summed E-state index contributed by atoms with van der Waals surface area (Å²) >= 11 is 0. The van der Waals surface area contributed by atoms with Gasteiger partial charge in [-0.2, -0.15) is 0 Å². The van der Waals surface area contributed by atoms with Gasteiger partial charge in [0, 0.05) is 12.4 Å². The Bertz CT molecular complexity index is 491. The average molecular weight is 295 g/mol. The zero-order chi connectivity index (χ0) is 15.9. The van der Waals surface area contributed by atoms with Crippen LogP contribution in [0.15, 0.2) is 79.4 Å². The van der Waals surface area contributed by atoms with E-state index in [-0.39, 0.29) is 0 Å². The van der Waals surface area contributed by atoms with Gasteiger partial charge >= 0.3 is 0 Å². The molecule has 1 aromatic heterocycles. The quantitative estimate of drug-likeness (QED) is 0.747. The fraction of sp³-hybridized carbons (Fsp3) is 0.211. The van der Waals surface area contributed by atoms with Crippen LogP contribution in [-0.2, 0) is 0 Å². The van der Waals surface area contributed by atoms with E-state index in [4.69, 9.17) is 5.73 Å². The number of nitrogens with two attached hydrogens (primary N) is 1. The molecule has 3 aromatic rings. The Balaban J connectivity index is 0.000000201. The largest absolute Gasteiger partial charge is 0.351 e. The Labute approximate surface area is 133 Å². The second-order valence-electron chi connectivity index (χ2n) is 4.63. The molecule has 0 aliphatic carbocycles. The molecule has 0 saturated heterocycles. The number of rotatable bonds is 3. The van der Waals surface area contributed by atoms with Crippen LogP contribution in [0.5, 0.6) is 0 Å². The molecule has 0 aliphatic heterocycles. The van der Waals surface area contributed by atoms with Crippen molar-refractivity contribution in [3.8, 4) is 11.1 Å². The molecule has 0 atom stereocenters. The third-order valence-electron chi connectivity index (χ3n) is 2.84. The Kier molecular flexibility index (Phi) is 9.92. The SMILES string of the molecule is CCCCN.c1c[nH]cn1.c1ccc(-c2ccccc2)cc1. The van der Waals surface area contributed by atoms with E-state index in [9.17, 15) is 0 Å². The summed E-state index contributed by atoms with van der Waals surface area (Å²) in [6, 6.07) is 20.8. The van der Waals surface area contributed by atoms with Gasteiger partial charge in [0.15, 0.2) is 0 Å². The Hall–Kier alpha value is -2.39. The van der Waals surface area contributed by atoms with Crippen molar-refractivity contribution >= 4 is 0 Å². The lowest BCUT2D eigenvalue weighted by atomic mass is 10.1. The van der Waals surface area contributed by atoms with Crippen molar-refractivity contribution < 1.29 is 0 Å². The van der Waals surface area contributed by atoms with Crippen molar-refractivity contribution in [3.05, 3.63) is 79.4 Å². The van der Waals surface area contributed by atoms with E-state index in [2.05, 4.69) is 65.4 Å². The fourth-order valence-corrected chi connectivity index (χ4v) is 1.68. The van der Waals surface area contributed by atoms with Crippen LogP contribution in [0.2, 0.25) is 0 Å². The lowest BCUT2D eigenvalue weighted by Crippen LogP contribution is -1.95. The van der Waals surface area contributed by atoms with Crippen LogP contribution in [0.3, 0.4) is 0 Å². The predicted octanol–water partition coefficient (Wildman–Crippen LogP) is 4.51. The van der Waals surface area contributed by atoms with Gasteiger partial charge < -0.3 is 10.7 Å². The van der Waals surface area contributed by atoms with Gasteiger partial charge in [0.25, 0.3) is 0 Å². The van der Waals surface area contributed by atoms with Gasteiger partial charge in [0.05, 0.1) is 6.33 Å². The van der Waals surface area contributed by atoms with Crippen LogP contribution in [0, 0.1) is 0 Å². The molecule has 1 heterocycles. The summed E-state index contributed by atoms with van der Waals surface area (Å²) in [5.41, 5.74) is 7.69. The molecule has 0 fully saturated rings. The maximum atomic E-state index is 5.14. The minimum Gasteiger partial charge on any atom is -0.351 e. The van der Waals surface area contributed by atoms with Gasteiger partial charge in [-0.3, -0.25) is 0 Å². The van der Waals surface area contributed by atoms with Crippen molar-refractivity contribution in [1.29, 1.82) is 0 Å². The van der Waals surface area contributed by atoms with Gasteiger partial charge in [0.2, 0.25) is 0 Å². The standard InChI is InChI=1S/C12H10.C4H11N.C3H4N2/c1-3-7-11(8-4-1)12-9-5-2-6-10-12;1-2-3-4-5;1-2-5-3-4-1/h1-10H;2-5H2,1H3;1-3H,(H,4,5). The molecular weight excluding hydrogens is 270 g/mol. The summed E-state index contributed by atoms with van der Waals surface area (Å²) in [7, 11) is 0. The molecule has 3 nitrogen and oxygen atoms in total. The summed E-state index contributed by atoms with van der Waals surface area (Å²) in [6.45, 7) is 2.98. The lowest BCUT2D eigenvalue weighted by Gasteiger charge is -1.98. The molecule has 0 bridgehead atoms. The molecule has 0 spiro atoms. The molecule has 22 heavy (non-hydrogen) atoms. The first-order chi connectivity index (χ1) is 10.9. The number of aromatic nitrogens is 2. The highest BCUT2D eigenvalue weighted by Crippen LogP contribution is 2.17. The van der Waals surface area contributed by atoms with E-state index in [0.29, 0.717) is 0 Å². The molecule has 0 saturated carbocycles. The molecule has 3 rings (SSSR count). The van der Waals surface area contributed by atoms with Gasteiger partial charge in [-0.25, -0.2) is 4.98 Å². The van der Waals surface area contributed by atoms with Crippen LogP contribution in [0.4, 0.5) is 0 Å². The number of nitrogens with one attached hydrogen (secondary N) is 1. The van der Waals surface area contributed by atoms with Crippen molar-refractivity contribution in [2.45, 2.75) is 19.8 Å². The van der Waals surface area contributed by atoms with E-state index < -0.39 is 0 Å². The first-order valence-electron chi connectivity index (χ1n) is 7.61. The van der Waals surface area contributed by atoms with Crippen molar-refractivity contribution in [1.82, 2.24) is 9.97 Å². The molecule has 0 amide bonds. The maximum Gasteiger partial charge on any atom is 0.0919 e. The molecular formula is C19H25N3. The molecule has 3 heteroatoms. The highest BCUT2D eigenvalue weighted by molar-refractivity contribution is 5.62. The Morgan fingerprint density at radius 3 is 1.68 bits per heavy atom. The number of imidazole rings is 1. The number of benzene rings is 2. The molecule has 3 N–H and O–H groups in total. The number of unbranched alkanes of at least 4 members (excludes halogenated alkanes) is 1. The molecule has 116 valence electrons. The maximum absolute atomic E-state index is 5.14. The number of nitrogens with zero attached hydrogens (tertiary/aromatic N) is 1. The van der Waals surface area contributed by atoms with E-state index >= 15 is 0 Å². The normalized spacial score (nSPS) is 9.00. The second kappa shape index (κ2) is 12.4. The van der Waals surface area contributed by atoms with Crippen molar-refractivity contribution in [2.24, 2.45) is 5.73 Å². The number of aromatic amines is 1. The van der Waals surface area contributed by atoms with Crippen LogP contribution >= 0.6 is 0 Å². The second-order valence-corrected chi connectivity index (χ2v) is 4.63. The predicted molar refractivity (Wildman–Crippen MR) is 94.4 cm³/mol. The first-order valence-corrected chi connectivity index (χ1v) is 7.61. The van der Waals surface area contributed by atoms with E-state index in [1.165, 1.54) is 24.0 Å². The number of H-pyrrole nitrogens is 1. The van der Waals surface area contributed by atoms with E-state index in [1.54, 1.807) is 18.7 Å². The first kappa shape index (κ1) is 17.7. The van der Waals surface area contributed by atoms with Crippen LogP contribution in [-0.4, -0.2) is 16.5 Å². The van der Waals surface area contributed by atoms with Gasteiger partial charge in [-0.1, -0.05) is 74.0 Å². The van der Waals surface area contributed by atoms with E-state index in [1.807, 2.05) is 12.1 Å². The highest BCUT2D eigenvalue weighted by atomic mass is 14.8. The monoisotopic (exact) mass is 295 g/mol. The average Bonchev–Trinajstić information content (AvgIpc) is 3.18. The summed E-state index contributed by atoms with van der Waals surface area (Å²) in [5.74, 6) is 0. The minimum absolute atomic E-state index is 0.844. The lowest BCUT2D eigenvalue weighted by molar-refractivity contribution is 0.807. The number of hydrogen-bond acceptors (Lipinski definition) is 2. The van der Waals surface area contributed by atoms with Crippen molar-refractivity contribution in [2.75, 3.05) is 6.54 Å². The minimum atomic E-state index is 0.844. The Morgan fingerprint density at radius 1 is 0.909 bits per heavy atom. The summed E-state index contributed by atoms with van der Waals surface area (Å²) in [4.78, 5) is 6.42. The number of hydrogen-bond donors (Lipinski definition) is 2. The summed E-state index contributed by atoms with van der Waals surface area (Å²) in [6.07, 6.45) is 7.47. The Morgan fingerprint density at radius 2 is 1.45 bits per heavy atom. The highest BCUT2D eigenvalue weighted by Gasteiger charge is 1.91. The zero-order valence-electron chi connectivity index (χ0n) is 13.2. The van der Waals surface area contributed by atoms with Gasteiger partial charge in [0.1, 0.15) is 0 Å². The fourth-order valence-electron chi connectivity index (χ4n) is 1.68. The zero-order valence-corrected chi connectivity index (χ0v) is 13.2. The van der Waals surface area contributed by atoms with Crippen LogP contribution in [0.25, 0.3) is 11.1 Å². The summed E-state index contributed by atoms with van der Waals surface area (Å²) < 4.78 is 0. The smallest absolute Gasteiger partial charge is 0.0919 e. The topological polar surface area (TPSA) is 54.7 Å².